The zero-order chi connectivity index (χ0) is 13.2. The van der Waals surface area contributed by atoms with E-state index in [4.69, 9.17) is 15.2 Å². The number of nitrogens with zero attached hydrogens (tertiary/aromatic N) is 2. The zero-order valence-electron chi connectivity index (χ0n) is 11.3. The molecule has 0 radical (unpaired) electrons. The van der Waals surface area contributed by atoms with E-state index < -0.39 is 0 Å². The van der Waals surface area contributed by atoms with Gasteiger partial charge in [0.15, 0.2) is 0 Å². The van der Waals surface area contributed by atoms with Crippen LogP contribution >= 0.6 is 0 Å². The van der Waals surface area contributed by atoms with Crippen molar-refractivity contribution in [2.75, 3.05) is 45.4 Å². The summed E-state index contributed by atoms with van der Waals surface area (Å²) in [6.45, 7) is 3.72. The zero-order valence-corrected chi connectivity index (χ0v) is 11.3. The molecule has 0 saturated heterocycles. The number of nitrogens with two attached hydrogens (primary N) is 1. The van der Waals surface area contributed by atoms with Gasteiger partial charge < -0.3 is 20.1 Å². The van der Waals surface area contributed by atoms with Crippen LogP contribution in [0.1, 0.15) is 12.1 Å². The minimum absolute atomic E-state index is 0.462. The molecule has 18 heavy (non-hydrogen) atoms. The summed E-state index contributed by atoms with van der Waals surface area (Å²) in [6.07, 6.45) is 2.79. The van der Waals surface area contributed by atoms with Gasteiger partial charge in [-0.2, -0.15) is 0 Å². The van der Waals surface area contributed by atoms with Crippen LogP contribution in [0.5, 0.6) is 0 Å². The molecule has 0 spiro atoms. The molecule has 0 aromatic carbocycles. The molecule has 1 aromatic rings. The van der Waals surface area contributed by atoms with E-state index in [-0.39, 0.29) is 0 Å². The molecule has 0 unspecified atom stereocenters. The molecule has 2 N–H and O–H groups in total. The molecular formula is C13H23N3O2. The lowest BCUT2D eigenvalue weighted by Gasteiger charge is -2.24. The number of hydrogen-bond donors (Lipinski definition) is 1. The van der Waals surface area contributed by atoms with E-state index in [9.17, 15) is 0 Å². The monoisotopic (exact) mass is 253 g/mol. The first kappa shape index (κ1) is 14.9. The summed E-state index contributed by atoms with van der Waals surface area (Å²) in [6, 6.07) is 4.03. The number of rotatable bonds is 9. The van der Waals surface area contributed by atoms with Gasteiger partial charge in [-0.3, -0.25) is 4.98 Å². The third-order valence-corrected chi connectivity index (χ3v) is 2.72. The maximum absolute atomic E-state index is 5.61. The van der Waals surface area contributed by atoms with Gasteiger partial charge in [0.2, 0.25) is 0 Å². The Labute approximate surface area is 109 Å². The molecule has 1 aromatic heterocycles. The van der Waals surface area contributed by atoms with E-state index in [0.29, 0.717) is 13.2 Å². The van der Waals surface area contributed by atoms with Gasteiger partial charge in [0.25, 0.3) is 0 Å². The second-order valence-electron chi connectivity index (χ2n) is 4.04. The molecular weight excluding hydrogens is 230 g/mol. The molecule has 0 atom stereocenters. The highest BCUT2D eigenvalue weighted by Crippen LogP contribution is 2.14. The number of methoxy groups -OCH3 is 2. The normalized spacial score (nSPS) is 10.6. The van der Waals surface area contributed by atoms with E-state index in [0.717, 1.165) is 37.5 Å². The van der Waals surface area contributed by atoms with Gasteiger partial charge in [0.05, 0.1) is 12.3 Å². The molecule has 102 valence electrons. The van der Waals surface area contributed by atoms with Crippen LogP contribution in [0, 0.1) is 0 Å². The van der Waals surface area contributed by atoms with Crippen molar-refractivity contribution in [1.82, 2.24) is 4.98 Å². The Morgan fingerprint density at radius 1 is 1.22 bits per heavy atom. The molecule has 0 aliphatic rings. The largest absolute Gasteiger partial charge is 0.385 e. The first-order valence-electron chi connectivity index (χ1n) is 6.19. The maximum Gasteiger partial charge on any atom is 0.0637 e. The Morgan fingerprint density at radius 3 is 2.67 bits per heavy atom. The van der Waals surface area contributed by atoms with Gasteiger partial charge >= 0.3 is 0 Å². The van der Waals surface area contributed by atoms with Crippen molar-refractivity contribution in [2.24, 2.45) is 5.73 Å². The van der Waals surface area contributed by atoms with Crippen LogP contribution in [0.25, 0.3) is 0 Å². The fourth-order valence-corrected chi connectivity index (χ4v) is 1.75. The average molecular weight is 253 g/mol. The molecule has 1 rings (SSSR count). The maximum atomic E-state index is 5.61. The van der Waals surface area contributed by atoms with Crippen LogP contribution in [-0.2, 0) is 16.0 Å². The molecule has 0 amide bonds. The van der Waals surface area contributed by atoms with Crippen molar-refractivity contribution in [3.63, 3.8) is 0 Å². The van der Waals surface area contributed by atoms with Gasteiger partial charge in [-0.05, 0) is 18.6 Å². The molecule has 5 heteroatoms. The molecule has 0 aliphatic heterocycles. The van der Waals surface area contributed by atoms with Crippen LogP contribution in [0.3, 0.4) is 0 Å². The van der Waals surface area contributed by atoms with Crippen LogP contribution in [0.4, 0.5) is 5.69 Å². The summed E-state index contributed by atoms with van der Waals surface area (Å²) >= 11 is 0. The average Bonchev–Trinajstić information content (AvgIpc) is 2.42. The predicted molar refractivity (Wildman–Crippen MR) is 72.7 cm³/mol. The summed E-state index contributed by atoms with van der Waals surface area (Å²) in [7, 11) is 3.43. The van der Waals surface area contributed by atoms with Gasteiger partial charge in [-0.25, -0.2) is 0 Å². The van der Waals surface area contributed by atoms with Gasteiger partial charge in [0.1, 0.15) is 0 Å². The van der Waals surface area contributed by atoms with Crippen molar-refractivity contribution in [3.05, 3.63) is 24.0 Å². The molecule has 0 fully saturated rings. The van der Waals surface area contributed by atoms with Gasteiger partial charge in [-0.1, -0.05) is 0 Å². The van der Waals surface area contributed by atoms with E-state index in [1.165, 1.54) is 0 Å². The van der Waals surface area contributed by atoms with Crippen molar-refractivity contribution in [2.45, 2.75) is 13.0 Å². The third-order valence-electron chi connectivity index (χ3n) is 2.72. The quantitative estimate of drug-likeness (QED) is 0.666. The molecule has 0 bridgehead atoms. The highest BCUT2D eigenvalue weighted by Gasteiger charge is 2.07. The topological polar surface area (TPSA) is 60.6 Å². The van der Waals surface area contributed by atoms with Crippen LogP contribution in [0.2, 0.25) is 0 Å². The molecule has 1 heterocycles. The molecule has 0 aliphatic carbocycles. The number of hydrogen-bond acceptors (Lipinski definition) is 5. The van der Waals surface area contributed by atoms with Gasteiger partial charge in [-0.15, -0.1) is 0 Å². The van der Waals surface area contributed by atoms with Crippen LogP contribution in [0.15, 0.2) is 18.3 Å². The summed E-state index contributed by atoms with van der Waals surface area (Å²) in [4.78, 5) is 6.48. The van der Waals surface area contributed by atoms with E-state index in [1.54, 1.807) is 20.4 Å². The second kappa shape index (κ2) is 8.85. The minimum Gasteiger partial charge on any atom is -0.385 e. The summed E-state index contributed by atoms with van der Waals surface area (Å²) in [5.41, 5.74) is 7.66. The number of pyridine rings is 1. The predicted octanol–water partition coefficient (Wildman–Crippen LogP) is 1.03. The van der Waals surface area contributed by atoms with Crippen molar-refractivity contribution >= 4 is 5.69 Å². The smallest absolute Gasteiger partial charge is 0.0637 e. The number of aromatic nitrogens is 1. The Bertz CT molecular complexity index is 334. The van der Waals surface area contributed by atoms with Crippen LogP contribution in [-0.4, -0.2) is 45.5 Å². The van der Waals surface area contributed by atoms with E-state index >= 15 is 0 Å². The molecule has 0 saturated carbocycles. The van der Waals surface area contributed by atoms with Crippen molar-refractivity contribution in [3.8, 4) is 0 Å². The second-order valence-corrected chi connectivity index (χ2v) is 4.04. The van der Waals surface area contributed by atoms with E-state index in [1.807, 2.05) is 12.1 Å². The lowest BCUT2D eigenvalue weighted by molar-refractivity contribution is 0.191. The van der Waals surface area contributed by atoms with Crippen molar-refractivity contribution < 1.29 is 9.47 Å². The summed E-state index contributed by atoms with van der Waals surface area (Å²) in [5, 5.41) is 0. The SMILES string of the molecule is COCCCN(CCOC)c1ccnc(CN)c1. The summed E-state index contributed by atoms with van der Waals surface area (Å²) < 4.78 is 10.2. The Hall–Kier alpha value is -1.17. The molecule has 5 nitrogen and oxygen atoms in total. The van der Waals surface area contributed by atoms with Crippen molar-refractivity contribution in [1.29, 1.82) is 0 Å². The first-order valence-corrected chi connectivity index (χ1v) is 6.19. The Morgan fingerprint density at radius 2 is 2.00 bits per heavy atom. The summed E-state index contributed by atoms with van der Waals surface area (Å²) in [5.74, 6) is 0. The highest BCUT2D eigenvalue weighted by atomic mass is 16.5. The van der Waals surface area contributed by atoms with Crippen LogP contribution < -0.4 is 10.6 Å². The Balaban J connectivity index is 2.66. The fourth-order valence-electron chi connectivity index (χ4n) is 1.75. The van der Waals surface area contributed by atoms with Gasteiger partial charge in [0, 0.05) is 52.3 Å². The number of anilines is 1. The lowest BCUT2D eigenvalue weighted by Crippen LogP contribution is -2.29. The fraction of sp³-hybridized carbons (Fsp3) is 0.615. The third kappa shape index (κ3) is 5.00. The standard InChI is InChI=1S/C13H23N3O2/c1-17-8-3-6-16(7-9-18-2)13-4-5-15-12(10-13)11-14/h4-5,10H,3,6-9,11,14H2,1-2H3. The first-order chi connectivity index (χ1) is 8.81. The minimum atomic E-state index is 0.462. The number of ether oxygens (including phenoxy) is 2. The highest BCUT2D eigenvalue weighted by molar-refractivity contribution is 5.46. The lowest BCUT2D eigenvalue weighted by atomic mass is 10.2. The van der Waals surface area contributed by atoms with E-state index in [2.05, 4.69) is 9.88 Å². The Kier molecular flexibility index (Phi) is 7.32.